The number of aliphatic imine (C=N–C) groups is 1. The minimum atomic E-state index is 0.476. The highest BCUT2D eigenvalue weighted by molar-refractivity contribution is 7.11. The van der Waals surface area contributed by atoms with Crippen molar-refractivity contribution in [2.24, 2.45) is 4.99 Å². The largest absolute Gasteiger partial charge is 0.357 e. The van der Waals surface area contributed by atoms with Crippen LogP contribution in [0.5, 0.6) is 0 Å². The van der Waals surface area contributed by atoms with Crippen LogP contribution < -0.4 is 10.6 Å². The van der Waals surface area contributed by atoms with Gasteiger partial charge in [0.05, 0.1) is 6.54 Å². The molecule has 0 bridgehead atoms. The molecule has 0 amide bonds. The zero-order valence-corrected chi connectivity index (χ0v) is 14.1. The zero-order valence-electron chi connectivity index (χ0n) is 13.3. The molecule has 3 rings (SSSR count). The minimum absolute atomic E-state index is 0.476. The van der Waals surface area contributed by atoms with E-state index in [1.165, 1.54) is 9.75 Å². The predicted octanol–water partition coefficient (Wildman–Crippen LogP) is 2.35. The highest BCUT2D eigenvalue weighted by Gasteiger charge is 2.05. The molecule has 3 aromatic heterocycles. The van der Waals surface area contributed by atoms with Gasteiger partial charge in [-0.15, -0.1) is 21.5 Å². The van der Waals surface area contributed by atoms with E-state index in [2.05, 4.69) is 51.8 Å². The monoisotopic (exact) mass is 328 g/mol. The van der Waals surface area contributed by atoms with E-state index < -0.39 is 0 Å². The lowest BCUT2D eigenvalue weighted by molar-refractivity contribution is 0.804. The Morgan fingerprint density at radius 3 is 2.91 bits per heavy atom. The number of hydrogen-bond acceptors (Lipinski definition) is 4. The summed E-state index contributed by atoms with van der Waals surface area (Å²) in [5, 5.41) is 15.0. The molecule has 0 radical (unpaired) electrons. The lowest BCUT2D eigenvalue weighted by Crippen LogP contribution is -2.36. The first-order valence-corrected chi connectivity index (χ1v) is 8.44. The van der Waals surface area contributed by atoms with E-state index in [-0.39, 0.29) is 0 Å². The van der Waals surface area contributed by atoms with Crippen LogP contribution in [0.1, 0.15) is 22.5 Å². The van der Waals surface area contributed by atoms with Crippen molar-refractivity contribution in [3.05, 3.63) is 52.1 Å². The molecule has 0 aromatic carbocycles. The number of hydrogen-bond donors (Lipinski definition) is 2. The van der Waals surface area contributed by atoms with Gasteiger partial charge >= 0.3 is 0 Å². The van der Waals surface area contributed by atoms with E-state index in [0.717, 1.165) is 30.5 Å². The molecular formula is C16H20N6S. The summed E-state index contributed by atoms with van der Waals surface area (Å²) in [6.45, 7) is 6.23. The molecule has 0 aliphatic heterocycles. The smallest absolute Gasteiger partial charge is 0.191 e. The van der Waals surface area contributed by atoms with Gasteiger partial charge in [0.2, 0.25) is 0 Å². The molecular weight excluding hydrogens is 308 g/mol. The van der Waals surface area contributed by atoms with Gasteiger partial charge in [0.1, 0.15) is 6.54 Å². The number of nitrogens with zero attached hydrogens (tertiary/aromatic N) is 4. The fourth-order valence-corrected chi connectivity index (χ4v) is 3.07. The second-order valence-corrected chi connectivity index (χ2v) is 6.48. The molecule has 0 saturated carbocycles. The molecule has 0 aliphatic carbocycles. The summed E-state index contributed by atoms with van der Waals surface area (Å²) in [4.78, 5) is 7.21. The second-order valence-electron chi connectivity index (χ2n) is 5.11. The van der Waals surface area contributed by atoms with Crippen molar-refractivity contribution in [1.29, 1.82) is 0 Å². The van der Waals surface area contributed by atoms with Gasteiger partial charge in [-0.25, -0.2) is 4.99 Å². The Hall–Kier alpha value is -2.41. The van der Waals surface area contributed by atoms with E-state index in [0.29, 0.717) is 6.54 Å². The number of rotatable bonds is 5. The van der Waals surface area contributed by atoms with Crippen molar-refractivity contribution in [2.75, 3.05) is 6.54 Å². The van der Waals surface area contributed by atoms with E-state index in [4.69, 9.17) is 0 Å². The predicted molar refractivity (Wildman–Crippen MR) is 93.7 cm³/mol. The number of aromatic nitrogens is 3. The quantitative estimate of drug-likeness (QED) is 0.557. The van der Waals surface area contributed by atoms with E-state index >= 15 is 0 Å². The Morgan fingerprint density at radius 1 is 1.22 bits per heavy atom. The Bertz CT molecular complexity index is 804. The number of fused-ring (bicyclic) bond motifs is 1. The topological polar surface area (TPSA) is 66.6 Å². The van der Waals surface area contributed by atoms with Crippen molar-refractivity contribution in [3.63, 3.8) is 0 Å². The molecule has 23 heavy (non-hydrogen) atoms. The van der Waals surface area contributed by atoms with Crippen LogP contribution in [0.15, 0.2) is 41.5 Å². The summed E-state index contributed by atoms with van der Waals surface area (Å²) in [6.07, 6.45) is 1.95. The minimum Gasteiger partial charge on any atom is -0.357 e. The molecule has 0 aliphatic rings. The third kappa shape index (κ3) is 3.87. The molecule has 0 spiro atoms. The number of guanidine groups is 1. The van der Waals surface area contributed by atoms with Crippen molar-refractivity contribution in [3.8, 4) is 0 Å². The zero-order chi connectivity index (χ0) is 16.1. The standard InChI is InChI=1S/C16H20N6S/c1-3-17-16(18-10-13-8-7-12(2)23-13)19-11-15-21-20-14-6-4-5-9-22(14)15/h4-9H,3,10-11H2,1-2H3,(H2,17,18,19). The Balaban J connectivity index is 1.68. The van der Waals surface area contributed by atoms with Gasteiger partial charge in [0.15, 0.2) is 17.4 Å². The van der Waals surface area contributed by atoms with Crippen LogP contribution in [0.3, 0.4) is 0 Å². The highest BCUT2D eigenvalue weighted by atomic mass is 32.1. The SMILES string of the molecule is CCNC(=NCc1nnc2ccccn12)NCc1ccc(C)s1. The first-order chi connectivity index (χ1) is 11.3. The van der Waals surface area contributed by atoms with Crippen molar-refractivity contribution in [2.45, 2.75) is 26.9 Å². The van der Waals surface area contributed by atoms with Crippen LogP contribution in [-0.2, 0) is 13.1 Å². The van der Waals surface area contributed by atoms with Crippen molar-refractivity contribution >= 4 is 22.9 Å². The van der Waals surface area contributed by atoms with Gasteiger partial charge in [0, 0.05) is 22.5 Å². The third-order valence-electron chi connectivity index (χ3n) is 3.33. The van der Waals surface area contributed by atoms with E-state index in [1.807, 2.05) is 28.8 Å². The Kier molecular flexibility index (Phi) is 4.87. The van der Waals surface area contributed by atoms with Gasteiger partial charge in [0.25, 0.3) is 0 Å². The van der Waals surface area contributed by atoms with E-state index in [1.54, 1.807) is 11.3 Å². The summed E-state index contributed by atoms with van der Waals surface area (Å²) in [5.74, 6) is 1.61. The average Bonchev–Trinajstić information content (AvgIpc) is 3.16. The Labute approximate surface area is 139 Å². The maximum Gasteiger partial charge on any atom is 0.191 e. The molecule has 0 saturated heterocycles. The van der Waals surface area contributed by atoms with Crippen LogP contribution in [0.4, 0.5) is 0 Å². The number of aryl methyl sites for hydroxylation is 1. The molecule has 2 N–H and O–H groups in total. The summed E-state index contributed by atoms with van der Waals surface area (Å²) in [7, 11) is 0. The van der Waals surface area contributed by atoms with Gasteiger partial charge < -0.3 is 10.6 Å². The van der Waals surface area contributed by atoms with Crippen LogP contribution in [0, 0.1) is 6.92 Å². The molecule has 7 heteroatoms. The van der Waals surface area contributed by atoms with Crippen LogP contribution >= 0.6 is 11.3 Å². The first-order valence-electron chi connectivity index (χ1n) is 7.62. The van der Waals surface area contributed by atoms with E-state index in [9.17, 15) is 0 Å². The Morgan fingerprint density at radius 2 is 2.13 bits per heavy atom. The molecule has 6 nitrogen and oxygen atoms in total. The summed E-state index contributed by atoms with van der Waals surface area (Å²) in [5.41, 5.74) is 0.838. The molecule has 3 heterocycles. The third-order valence-corrected chi connectivity index (χ3v) is 4.33. The second kappa shape index (κ2) is 7.23. The highest BCUT2D eigenvalue weighted by Crippen LogP contribution is 2.14. The van der Waals surface area contributed by atoms with Crippen molar-refractivity contribution < 1.29 is 0 Å². The average molecular weight is 328 g/mol. The number of pyridine rings is 1. The van der Waals surface area contributed by atoms with Crippen LogP contribution in [-0.4, -0.2) is 27.1 Å². The summed E-state index contributed by atoms with van der Waals surface area (Å²) < 4.78 is 1.95. The van der Waals surface area contributed by atoms with Gasteiger partial charge in [-0.1, -0.05) is 6.07 Å². The maximum atomic E-state index is 4.60. The molecule has 0 atom stereocenters. The maximum absolute atomic E-state index is 4.60. The molecule has 120 valence electrons. The normalized spacial score (nSPS) is 11.8. The number of thiophene rings is 1. The lowest BCUT2D eigenvalue weighted by Gasteiger charge is -2.10. The first kappa shape index (κ1) is 15.5. The summed E-state index contributed by atoms with van der Waals surface area (Å²) >= 11 is 1.79. The van der Waals surface area contributed by atoms with Crippen molar-refractivity contribution in [1.82, 2.24) is 25.2 Å². The van der Waals surface area contributed by atoms with Crippen LogP contribution in [0.25, 0.3) is 5.65 Å². The summed E-state index contributed by atoms with van der Waals surface area (Å²) in [6, 6.07) is 10.1. The van der Waals surface area contributed by atoms with Gasteiger partial charge in [-0.3, -0.25) is 4.40 Å². The van der Waals surface area contributed by atoms with Gasteiger partial charge in [-0.2, -0.15) is 0 Å². The van der Waals surface area contributed by atoms with Gasteiger partial charge in [-0.05, 0) is 38.1 Å². The fourth-order valence-electron chi connectivity index (χ4n) is 2.24. The molecule has 0 unspecified atom stereocenters. The fraction of sp³-hybridized carbons (Fsp3) is 0.312. The van der Waals surface area contributed by atoms with Crippen LogP contribution in [0.2, 0.25) is 0 Å². The molecule has 3 aromatic rings. The lowest BCUT2D eigenvalue weighted by atomic mass is 10.4. The number of nitrogens with one attached hydrogen (secondary N) is 2. The molecule has 0 fully saturated rings.